The van der Waals surface area contributed by atoms with Crippen molar-refractivity contribution in [2.75, 3.05) is 18.4 Å². The number of hydrogen-bond acceptors (Lipinski definition) is 5. The quantitative estimate of drug-likeness (QED) is 0.794. The molecular weight excluding hydrogens is 256 g/mol. The Labute approximate surface area is 118 Å². The van der Waals surface area contributed by atoms with Gasteiger partial charge >= 0.3 is 0 Å². The highest BCUT2D eigenvalue weighted by molar-refractivity contribution is 6.02. The third-order valence-electron chi connectivity index (χ3n) is 3.49. The molecule has 1 aliphatic heterocycles. The van der Waals surface area contributed by atoms with Gasteiger partial charge in [0, 0.05) is 19.3 Å². The summed E-state index contributed by atoms with van der Waals surface area (Å²) in [7, 11) is 0. The number of imide groups is 1. The maximum absolute atomic E-state index is 11.9. The van der Waals surface area contributed by atoms with E-state index < -0.39 is 5.54 Å². The van der Waals surface area contributed by atoms with Crippen LogP contribution >= 0.6 is 0 Å². The van der Waals surface area contributed by atoms with Crippen molar-refractivity contribution in [2.45, 2.75) is 32.9 Å². The van der Waals surface area contributed by atoms with Crippen molar-refractivity contribution >= 4 is 17.6 Å². The molecule has 2 rings (SSSR count). The molecule has 0 aromatic carbocycles. The molecule has 108 valence electrons. The molecule has 6 heteroatoms. The first kappa shape index (κ1) is 14.5. The van der Waals surface area contributed by atoms with E-state index in [0.717, 1.165) is 17.9 Å². The Morgan fingerprint density at radius 3 is 2.75 bits per heavy atom. The summed E-state index contributed by atoms with van der Waals surface area (Å²) in [5.41, 5.74) is 0.274. The van der Waals surface area contributed by atoms with E-state index >= 15 is 0 Å². The minimum absolute atomic E-state index is 0.216. The van der Waals surface area contributed by atoms with E-state index in [-0.39, 0.29) is 18.4 Å². The number of pyridine rings is 1. The Balaban J connectivity index is 2.11. The predicted octanol–water partition coefficient (Wildman–Crippen LogP) is 0.750. The van der Waals surface area contributed by atoms with Crippen molar-refractivity contribution in [1.29, 1.82) is 0 Å². The first-order chi connectivity index (χ1) is 9.43. The molecule has 0 saturated carbocycles. The van der Waals surface area contributed by atoms with Gasteiger partial charge in [0.05, 0.1) is 12.1 Å². The van der Waals surface area contributed by atoms with E-state index in [4.69, 9.17) is 0 Å². The van der Waals surface area contributed by atoms with Crippen LogP contribution in [-0.4, -0.2) is 40.3 Å². The van der Waals surface area contributed by atoms with Crippen LogP contribution in [0.1, 0.15) is 26.3 Å². The SMILES string of the molecule is CCNc1ccc(CN2CC(=O)NC(=O)C2(C)C)cn1. The predicted molar refractivity (Wildman–Crippen MR) is 76.0 cm³/mol. The molecule has 1 saturated heterocycles. The summed E-state index contributed by atoms with van der Waals surface area (Å²) in [4.78, 5) is 29.5. The molecule has 20 heavy (non-hydrogen) atoms. The summed E-state index contributed by atoms with van der Waals surface area (Å²) >= 11 is 0. The molecule has 0 unspecified atom stereocenters. The summed E-state index contributed by atoms with van der Waals surface area (Å²) in [6.45, 7) is 7.19. The number of hydrogen-bond donors (Lipinski definition) is 2. The van der Waals surface area contributed by atoms with Gasteiger partial charge in [-0.15, -0.1) is 0 Å². The molecule has 2 heterocycles. The Kier molecular flexibility index (Phi) is 4.04. The highest BCUT2D eigenvalue weighted by Crippen LogP contribution is 2.21. The van der Waals surface area contributed by atoms with Crippen LogP contribution in [0.5, 0.6) is 0 Å². The van der Waals surface area contributed by atoms with Crippen molar-refractivity contribution < 1.29 is 9.59 Å². The Bertz CT molecular complexity index is 510. The van der Waals surface area contributed by atoms with Crippen molar-refractivity contribution in [3.05, 3.63) is 23.9 Å². The Morgan fingerprint density at radius 2 is 2.15 bits per heavy atom. The minimum atomic E-state index is -0.700. The lowest BCUT2D eigenvalue weighted by Crippen LogP contribution is -2.63. The normalized spacial score (nSPS) is 18.8. The summed E-state index contributed by atoms with van der Waals surface area (Å²) in [5, 5.41) is 5.49. The van der Waals surface area contributed by atoms with Crippen LogP contribution in [0, 0.1) is 0 Å². The summed E-state index contributed by atoms with van der Waals surface area (Å²) in [6.07, 6.45) is 1.77. The van der Waals surface area contributed by atoms with Crippen LogP contribution < -0.4 is 10.6 Å². The summed E-state index contributed by atoms with van der Waals surface area (Å²) in [6, 6.07) is 3.86. The van der Waals surface area contributed by atoms with E-state index in [1.54, 1.807) is 6.20 Å². The number of nitrogens with one attached hydrogen (secondary N) is 2. The fourth-order valence-corrected chi connectivity index (χ4v) is 2.11. The van der Waals surface area contributed by atoms with E-state index in [0.29, 0.717) is 6.54 Å². The van der Waals surface area contributed by atoms with Crippen LogP contribution in [0.3, 0.4) is 0 Å². The van der Waals surface area contributed by atoms with Crippen molar-refractivity contribution in [1.82, 2.24) is 15.2 Å². The highest BCUT2D eigenvalue weighted by Gasteiger charge is 2.40. The number of rotatable bonds is 4. The number of amides is 2. The van der Waals surface area contributed by atoms with Gasteiger partial charge in [0.25, 0.3) is 0 Å². The van der Waals surface area contributed by atoms with E-state index in [9.17, 15) is 9.59 Å². The molecular formula is C14H20N4O2. The molecule has 2 N–H and O–H groups in total. The third kappa shape index (κ3) is 2.96. The van der Waals surface area contributed by atoms with Gasteiger partial charge in [0.15, 0.2) is 0 Å². The molecule has 1 aromatic heterocycles. The highest BCUT2D eigenvalue weighted by atomic mass is 16.2. The number of piperazine rings is 1. The molecule has 6 nitrogen and oxygen atoms in total. The van der Waals surface area contributed by atoms with Crippen LogP contribution in [0.2, 0.25) is 0 Å². The van der Waals surface area contributed by atoms with Crippen molar-refractivity contribution in [3.8, 4) is 0 Å². The number of aromatic nitrogens is 1. The van der Waals surface area contributed by atoms with Gasteiger partial charge in [-0.1, -0.05) is 6.07 Å². The minimum Gasteiger partial charge on any atom is -0.370 e. The molecule has 1 aliphatic rings. The fraction of sp³-hybridized carbons (Fsp3) is 0.500. The van der Waals surface area contributed by atoms with E-state index in [2.05, 4.69) is 15.6 Å². The van der Waals surface area contributed by atoms with Gasteiger partial charge in [-0.2, -0.15) is 0 Å². The van der Waals surface area contributed by atoms with E-state index in [1.807, 2.05) is 37.8 Å². The molecule has 1 fully saturated rings. The maximum atomic E-state index is 11.9. The lowest BCUT2D eigenvalue weighted by atomic mass is 9.98. The van der Waals surface area contributed by atoms with E-state index in [1.165, 1.54) is 0 Å². The van der Waals surface area contributed by atoms with Crippen LogP contribution in [0.15, 0.2) is 18.3 Å². The first-order valence-corrected chi connectivity index (χ1v) is 6.71. The summed E-state index contributed by atoms with van der Waals surface area (Å²) in [5.74, 6) is 0.306. The van der Waals surface area contributed by atoms with Crippen molar-refractivity contribution in [2.24, 2.45) is 0 Å². The average Bonchev–Trinajstić information content (AvgIpc) is 2.39. The monoisotopic (exact) mass is 276 g/mol. The van der Waals surface area contributed by atoms with Gasteiger partial charge in [0.2, 0.25) is 11.8 Å². The second-order valence-corrected chi connectivity index (χ2v) is 5.37. The van der Waals surface area contributed by atoms with Gasteiger partial charge in [-0.25, -0.2) is 4.98 Å². The van der Waals surface area contributed by atoms with Crippen molar-refractivity contribution in [3.63, 3.8) is 0 Å². The Hall–Kier alpha value is -1.95. The molecule has 0 spiro atoms. The smallest absolute Gasteiger partial charge is 0.246 e. The van der Waals surface area contributed by atoms with Crippen LogP contribution in [0.4, 0.5) is 5.82 Å². The second-order valence-electron chi connectivity index (χ2n) is 5.37. The van der Waals surface area contributed by atoms with Crippen LogP contribution in [0.25, 0.3) is 0 Å². The Morgan fingerprint density at radius 1 is 1.40 bits per heavy atom. The number of carbonyl (C=O) groups excluding carboxylic acids is 2. The molecule has 0 bridgehead atoms. The summed E-state index contributed by atoms with van der Waals surface area (Å²) < 4.78 is 0. The third-order valence-corrected chi connectivity index (χ3v) is 3.49. The molecule has 1 aromatic rings. The zero-order valence-corrected chi connectivity index (χ0v) is 12.1. The number of carbonyl (C=O) groups is 2. The van der Waals surface area contributed by atoms with Gasteiger partial charge < -0.3 is 5.32 Å². The van der Waals surface area contributed by atoms with Crippen LogP contribution in [-0.2, 0) is 16.1 Å². The average molecular weight is 276 g/mol. The molecule has 0 aliphatic carbocycles. The standard InChI is InChI=1S/C14H20N4O2/c1-4-15-11-6-5-10(7-16-11)8-18-9-12(19)17-13(20)14(18,2)3/h5-7H,4,8-9H2,1-3H3,(H,15,16)(H,17,19,20). The zero-order chi connectivity index (χ0) is 14.8. The fourth-order valence-electron chi connectivity index (χ4n) is 2.11. The molecule has 0 atom stereocenters. The molecule has 2 amide bonds. The zero-order valence-electron chi connectivity index (χ0n) is 12.1. The van der Waals surface area contributed by atoms with Gasteiger partial charge in [0.1, 0.15) is 5.82 Å². The number of nitrogens with zero attached hydrogens (tertiary/aromatic N) is 2. The second kappa shape index (κ2) is 5.58. The van der Waals surface area contributed by atoms with Gasteiger partial charge in [-0.05, 0) is 32.4 Å². The van der Waals surface area contributed by atoms with Gasteiger partial charge in [-0.3, -0.25) is 19.8 Å². The topological polar surface area (TPSA) is 74.3 Å². The first-order valence-electron chi connectivity index (χ1n) is 6.71. The maximum Gasteiger partial charge on any atom is 0.246 e. The molecule has 0 radical (unpaired) electrons. The lowest BCUT2D eigenvalue weighted by molar-refractivity contribution is -0.145. The lowest BCUT2D eigenvalue weighted by Gasteiger charge is -2.40. The largest absolute Gasteiger partial charge is 0.370 e. The number of anilines is 1.